The van der Waals surface area contributed by atoms with Crippen molar-refractivity contribution >= 4 is 115 Å². The Bertz CT molecular complexity index is 2470. The lowest BCUT2D eigenvalue weighted by molar-refractivity contribution is -0.125. The molecule has 18 nitrogen and oxygen atoms in total. The van der Waals surface area contributed by atoms with Crippen molar-refractivity contribution in [2.45, 2.75) is 52.5 Å². The van der Waals surface area contributed by atoms with Crippen molar-refractivity contribution in [3.8, 4) is 11.5 Å². The summed E-state index contributed by atoms with van der Waals surface area (Å²) in [5.41, 5.74) is 6.45. The second-order valence-electron chi connectivity index (χ2n) is 14.0. The number of nitrogens with one attached hydrogen (secondary N) is 5. The van der Waals surface area contributed by atoms with Crippen LogP contribution in [0.25, 0.3) is 0 Å². The predicted octanol–water partition coefficient (Wildman–Crippen LogP) is 6.04. The molecule has 2 heterocycles. The predicted molar refractivity (Wildman–Crippen MR) is 238 cm³/mol. The fraction of sp³-hybridized carbons (Fsp3) is 0.389. The zero-order valence-corrected chi connectivity index (χ0v) is 39.5. The number of anilines is 4. The van der Waals surface area contributed by atoms with Crippen LogP contribution in [0.5, 0.6) is 11.5 Å². The molecule has 4 aromatic rings. The molecule has 4 rings (SSSR count). The topological polar surface area (TPSA) is 267 Å². The average molecular weight is 1030 g/mol. The van der Waals surface area contributed by atoms with E-state index in [4.69, 9.17) is 26.8 Å². The van der Waals surface area contributed by atoms with Crippen molar-refractivity contribution in [3.05, 3.63) is 67.5 Å². The van der Waals surface area contributed by atoms with Gasteiger partial charge >= 0.3 is 0 Å². The first-order chi connectivity index (χ1) is 28.8. The maximum atomic E-state index is 13.5. The molecule has 1 unspecified atom stereocenters. The average Bonchev–Trinajstić information content (AvgIpc) is 3.68. The maximum absolute atomic E-state index is 13.5. The molecule has 26 heteroatoms. The molecule has 0 aliphatic heterocycles. The lowest BCUT2D eigenvalue weighted by atomic mass is 10.2. The molecule has 0 aliphatic carbocycles. The van der Waals surface area contributed by atoms with Gasteiger partial charge < -0.3 is 36.5 Å². The van der Waals surface area contributed by atoms with E-state index in [0.717, 1.165) is 53.4 Å². The highest BCUT2D eigenvalue weighted by molar-refractivity contribution is 9.11. The van der Waals surface area contributed by atoms with Crippen molar-refractivity contribution in [3.63, 3.8) is 0 Å². The number of carbonyl (C=O) groups excluding carboxylic acids is 4. The minimum Gasteiger partial charge on any atom is -0.491 e. The molecule has 2 aromatic heterocycles. The molecule has 340 valence electrons. The van der Waals surface area contributed by atoms with E-state index in [1.54, 1.807) is 0 Å². The molecular formula is C36H44BrClF2N8O10S4. The van der Waals surface area contributed by atoms with Crippen LogP contribution >= 0.6 is 50.2 Å². The van der Waals surface area contributed by atoms with Gasteiger partial charge in [-0.3, -0.25) is 19.2 Å². The largest absolute Gasteiger partial charge is 0.491 e. The fourth-order valence-electron chi connectivity index (χ4n) is 4.40. The summed E-state index contributed by atoms with van der Waals surface area (Å²) in [6.07, 6.45) is 0.885. The van der Waals surface area contributed by atoms with E-state index in [2.05, 4.69) is 51.9 Å². The van der Waals surface area contributed by atoms with E-state index in [9.17, 15) is 44.8 Å². The number of amides is 4. The normalized spacial score (nSPS) is 12.0. The number of ether oxygens (including phenoxy) is 2. The quantitative estimate of drug-likeness (QED) is 0.0586. The van der Waals surface area contributed by atoms with Gasteiger partial charge in [0.25, 0.3) is 0 Å². The Morgan fingerprint density at radius 2 is 1.19 bits per heavy atom. The molecule has 0 fully saturated rings. The Balaban J connectivity index is 0.000000330. The number of nitrogens with two attached hydrogens (primary N) is 1. The fourth-order valence-corrected chi connectivity index (χ4v) is 8.20. The summed E-state index contributed by atoms with van der Waals surface area (Å²) in [4.78, 5) is 56.9. The number of aromatic nitrogens is 2. The number of hydrogen-bond acceptors (Lipinski definition) is 15. The van der Waals surface area contributed by atoms with Gasteiger partial charge in [-0.05, 0) is 52.0 Å². The smallest absolute Gasteiger partial charge is 0.235 e. The molecule has 1 atom stereocenters. The van der Waals surface area contributed by atoms with Gasteiger partial charge in [-0.15, -0.1) is 0 Å². The summed E-state index contributed by atoms with van der Waals surface area (Å²) in [5, 5.41) is 8.75. The van der Waals surface area contributed by atoms with E-state index >= 15 is 0 Å². The number of hydrogen-bond donors (Lipinski definition) is 6. The lowest BCUT2D eigenvalue weighted by Crippen LogP contribution is -2.23. The van der Waals surface area contributed by atoms with Crippen molar-refractivity contribution in [2.24, 2.45) is 17.6 Å². The van der Waals surface area contributed by atoms with Crippen LogP contribution in [-0.2, 0) is 45.6 Å². The van der Waals surface area contributed by atoms with Gasteiger partial charge in [0.1, 0.15) is 46.0 Å². The summed E-state index contributed by atoms with van der Waals surface area (Å²) in [5.74, 6) is -2.95. The Hall–Kier alpha value is -4.37. The second kappa shape index (κ2) is 23.4. The highest BCUT2D eigenvalue weighted by Crippen LogP contribution is 2.34. The van der Waals surface area contributed by atoms with Gasteiger partial charge in [-0.2, -0.15) is 0 Å². The zero-order valence-electron chi connectivity index (χ0n) is 33.9. The number of thiazole rings is 2. The molecule has 7 N–H and O–H groups in total. The first kappa shape index (κ1) is 52.0. The van der Waals surface area contributed by atoms with E-state index in [1.807, 2.05) is 27.7 Å². The van der Waals surface area contributed by atoms with Gasteiger partial charge in [-0.25, -0.2) is 40.3 Å². The second-order valence-corrected chi connectivity index (χ2v) is 21.9. The third-order valence-electron chi connectivity index (χ3n) is 7.21. The van der Waals surface area contributed by atoms with Gasteiger partial charge in [0, 0.05) is 18.4 Å². The van der Waals surface area contributed by atoms with Crippen LogP contribution in [0.15, 0.2) is 40.2 Å². The zero-order chi connectivity index (χ0) is 46.5. The first-order valence-electron chi connectivity index (χ1n) is 18.0. The summed E-state index contributed by atoms with van der Waals surface area (Å²) in [6.45, 7) is 8.22. The van der Waals surface area contributed by atoms with Gasteiger partial charge in [0.15, 0.2) is 25.5 Å². The van der Waals surface area contributed by atoms with E-state index < -0.39 is 73.3 Å². The van der Waals surface area contributed by atoms with Crippen LogP contribution in [0.2, 0.25) is 4.34 Å². The summed E-state index contributed by atoms with van der Waals surface area (Å²) >= 11 is 11.1. The van der Waals surface area contributed by atoms with Crippen LogP contribution in [0.1, 0.15) is 57.3 Å². The number of halogens is 4. The van der Waals surface area contributed by atoms with Crippen molar-refractivity contribution in [1.29, 1.82) is 0 Å². The standard InChI is InChI=1S/C18H22BrFN4O5S2.C18H22ClFN4O5S2/c1-9(2)8-29-12-6-10(20)4-5-11(12)22-13(25)7-14(26)23-18-24-15(16(19)30-18)17(21)31(3,27)28;1-10(2)9-29-14-6-11(20)4-5-12(14)22-15(25)7-16(26)24-18-23-13(17(19)30-18)8-21-31(3,27)28/h4-6,9,17H,7-8,21H2,1-3H3,(H,22,25)(H,23,24,26);4-6,10,21H,7-9H2,1-3H3,(H,22,25)(H,23,24,26). The first-order valence-corrected chi connectivity index (χ1v) is 24.7. The van der Waals surface area contributed by atoms with Crippen LogP contribution < -0.4 is 41.2 Å². The molecule has 0 spiro atoms. The Morgan fingerprint density at radius 3 is 1.61 bits per heavy atom. The number of benzene rings is 2. The van der Waals surface area contributed by atoms with Gasteiger partial charge in [-0.1, -0.05) is 62.0 Å². The maximum Gasteiger partial charge on any atom is 0.235 e. The van der Waals surface area contributed by atoms with Crippen molar-refractivity contribution in [1.82, 2.24) is 14.7 Å². The van der Waals surface area contributed by atoms with Gasteiger partial charge in [0.2, 0.25) is 33.7 Å². The van der Waals surface area contributed by atoms with Crippen LogP contribution in [0, 0.1) is 23.5 Å². The Labute approximate surface area is 378 Å². The van der Waals surface area contributed by atoms with Gasteiger partial charge in [0.05, 0.1) is 46.9 Å². The minimum absolute atomic E-state index is 0.0607. The summed E-state index contributed by atoms with van der Waals surface area (Å²) in [6, 6.07) is 7.33. The molecule has 4 amide bonds. The molecule has 2 aromatic carbocycles. The number of carbonyl (C=O) groups is 4. The number of sulfonamides is 1. The molecule has 62 heavy (non-hydrogen) atoms. The Kier molecular flexibility index (Phi) is 19.6. The molecule has 0 saturated carbocycles. The third kappa shape index (κ3) is 18.2. The third-order valence-corrected chi connectivity index (χ3v) is 11.9. The molecular weight excluding hydrogens is 986 g/mol. The number of sulfone groups is 1. The molecule has 0 aliphatic rings. The van der Waals surface area contributed by atoms with E-state index in [-0.39, 0.29) is 67.2 Å². The Morgan fingerprint density at radius 1 is 0.758 bits per heavy atom. The summed E-state index contributed by atoms with van der Waals surface area (Å²) in [7, 11) is -7.02. The van der Waals surface area contributed by atoms with E-state index in [0.29, 0.717) is 17.0 Å². The molecule has 0 bridgehead atoms. The number of rotatable bonds is 19. The molecule has 0 radical (unpaired) electrons. The van der Waals surface area contributed by atoms with Crippen LogP contribution in [-0.4, -0.2) is 76.2 Å². The van der Waals surface area contributed by atoms with Crippen LogP contribution in [0.3, 0.4) is 0 Å². The monoisotopic (exact) mass is 1030 g/mol. The highest BCUT2D eigenvalue weighted by atomic mass is 79.9. The van der Waals surface area contributed by atoms with Crippen molar-refractivity contribution in [2.75, 3.05) is 47.0 Å². The molecule has 0 saturated heterocycles. The minimum atomic E-state index is -3.59. The SMILES string of the molecule is CC(C)COc1cc(F)ccc1NC(=O)CC(=O)Nc1nc(C(N)S(C)(=O)=O)c(Br)s1.CC(C)COc1cc(F)ccc1NC(=O)CC(=O)Nc1nc(CNS(C)(=O)=O)c(Cl)s1. The lowest BCUT2D eigenvalue weighted by Gasteiger charge is -2.14. The van der Waals surface area contributed by atoms with Crippen molar-refractivity contribution < 1.29 is 54.3 Å². The summed E-state index contributed by atoms with van der Waals surface area (Å²) < 4.78 is 86.4. The number of nitrogens with zero attached hydrogens (tertiary/aromatic N) is 2. The van der Waals surface area contributed by atoms with Crippen LogP contribution in [0.4, 0.5) is 30.4 Å². The highest BCUT2D eigenvalue weighted by Gasteiger charge is 2.25. The van der Waals surface area contributed by atoms with E-state index in [1.165, 1.54) is 18.2 Å².